The van der Waals surface area contributed by atoms with Crippen molar-refractivity contribution >= 4 is 5.69 Å². The molecule has 17 heavy (non-hydrogen) atoms. The van der Waals surface area contributed by atoms with Gasteiger partial charge in [0.2, 0.25) is 0 Å². The molecule has 2 N–H and O–H groups in total. The second-order valence-electron chi connectivity index (χ2n) is 4.29. The Morgan fingerprint density at radius 1 is 1.29 bits per heavy atom. The fraction of sp³-hybridized carbons (Fsp3) is 0.571. The quantitative estimate of drug-likeness (QED) is 0.790. The predicted molar refractivity (Wildman–Crippen MR) is 71.8 cm³/mol. The van der Waals surface area contributed by atoms with E-state index in [-0.39, 0.29) is 5.82 Å². The first kappa shape index (κ1) is 14.0. The summed E-state index contributed by atoms with van der Waals surface area (Å²) in [6.07, 6.45) is 3.07. The van der Waals surface area contributed by atoms with E-state index in [0.717, 1.165) is 31.5 Å². The average molecular weight is 238 g/mol. The van der Waals surface area contributed by atoms with Gasteiger partial charge in [0, 0.05) is 18.3 Å². The van der Waals surface area contributed by atoms with Gasteiger partial charge in [-0.05, 0) is 44.0 Å². The maximum atomic E-state index is 13.3. The van der Waals surface area contributed by atoms with Gasteiger partial charge in [0.05, 0.1) is 0 Å². The molecule has 0 spiro atoms. The largest absolute Gasteiger partial charge is 0.368 e. The summed E-state index contributed by atoms with van der Waals surface area (Å²) in [5, 5.41) is 0. The molecule has 3 heteroatoms. The Morgan fingerprint density at radius 3 is 2.53 bits per heavy atom. The van der Waals surface area contributed by atoms with E-state index in [0.29, 0.717) is 12.6 Å². The van der Waals surface area contributed by atoms with Crippen molar-refractivity contribution in [2.45, 2.75) is 39.2 Å². The number of nitrogens with zero attached hydrogens (tertiary/aromatic N) is 1. The van der Waals surface area contributed by atoms with Gasteiger partial charge >= 0.3 is 0 Å². The Bertz CT molecular complexity index is 324. The minimum absolute atomic E-state index is 0.175. The molecule has 0 unspecified atom stereocenters. The molecule has 2 nitrogen and oxygen atoms in total. The van der Waals surface area contributed by atoms with Crippen LogP contribution in [0.1, 0.15) is 33.1 Å². The van der Waals surface area contributed by atoms with E-state index in [9.17, 15) is 4.39 Å². The number of hydrogen-bond acceptors (Lipinski definition) is 2. The molecule has 1 rings (SSSR count). The van der Waals surface area contributed by atoms with Crippen molar-refractivity contribution in [1.29, 1.82) is 0 Å². The van der Waals surface area contributed by atoms with Gasteiger partial charge in [-0.1, -0.05) is 19.9 Å². The van der Waals surface area contributed by atoms with Gasteiger partial charge in [-0.15, -0.1) is 0 Å². The summed E-state index contributed by atoms with van der Waals surface area (Å²) in [4.78, 5) is 2.27. The monoisotopic (exact) mass is 238 g/mol. The average Bonchev–Trinajstić information content (AvgIpc) is 2.34. The predicted octanol–water partition coefficient (Wildman–Crippen LogP) is 3.17. The zero-order valence-electron chi connectivity index (χ0n) is 10.8. The second-order valence-corrected chi connectivity index (χ2v) is 4.29. The van der Waals surface area contributed by atoms with Crippen LogP contribution in [0.15, 0.2) is 24.3 Å². The highest BCUT2D eigenvalue weighted by atomic mass is 19.1. The third-order valence-corrected chi connectivity index (χ3v) is 3.13. The summed E-state index contributed by atoms with van der Waals surface area (Å²) >= 11 is 0. The third kappa shape index (κ3) is 4.00. The zero-order valence-corrected chi connectivity index (χ0v) is 10.8. The summed E-state index contributed by atoms with van der Waals surface area (Å²) in [7, 11) is 0. The van der Waals surface area contributed by atoms with Gasteiger partial charge in [0.25, 0.3) is 0 Å². The molecule has 0 bridgehead atoms. The van der Waals surface area contributed by atoms with Crippen LogP contribution < -0.4 is 10.6 Å². The van der Waals surface area contributed by atoms with E-state index in [4.69, 9.17) is 5.73 Å². The second kappa shape index (κ2) is 7.28. The summed E-state index contributed by atoms with van der Waals surface area (Å²) in [5.74, 6) is -0.175. The van der Waals surface area contributed by atoms with Crippen molar-refractivity contribution in [3.05, 3.63) is 30.1 Å². The SMILES string of the molecule is CCC(CC)N(CCCN)c1cccc(F)c1. The minimum Gasteiger partial charge on any atom is -0.368 e. The van der Waals surface area contributed by atoms with Crippen LogP contribution in [0.4, 0.5) is 10.1 Å². The van der Waals surface area contributed by atoms with Crippen LogP contribution >= 0.6 is 0 Å². The number of halogens is 1. The molecule has 0 amide bonds. The van der Waals surface area contributed by atoms with Crippen molar-refractivity contribution in [2.75, 3.05) is 18.0 Å². The number of benzene rings is 1. The molecule has 1 aromatic rings. The van der Waals surface area contributed by atoms with Crippen molar-refractivity contribution < 1.29 is 4.39 Å². The molecule has 0 saturated heterocycles. The highest BCUT2D eigenvalue weighted by molar-refractivity contribution is 5.47. The summed E-state index contributed by atoms with van der Waals surface area (Å²) in [6, 6.07) is 7.29. The van der Waals surface area contributed by atoms with Crippen LogP contribution in [0.3, 0.4) is 0 Å². The first-order valence-electron chi connectivity index (χ1n) is 6.45. The lowest BCUT2D eigenvalue weighted by Crippen LogP contribution is -2.36. The van der Waals surface area contributed by atoms with Gasteiger partial charge in [-0.3, -0.25) is 0 Å². The Balaban J connectivity index is 2.88. The highest BCUT2D eigenvalue weighted by Gasteiger charge is 2.15. The van der Waals surface area contributed by atoms with Gasteiger partial charge < -0.3 is 10.6 Å². The van der Waals surface area contributed by atoms with Crippen molar-refractivity contribution in [2.24, 2.45) is 5.73 Å². The minimum atomic E-state index is -0.175. The lowest BCUT2D eigenvalue weighted by atomic mass is 10.1. The van der Waals surface area contributed by atoms with Crippen LogP contribution in [0.25, 0.3) is 0 Å². The maximum absolute atomic E-state index is 13.3. The standard InChI is InChI=1S/C14H23FN2/c1-3-13(4-2)17(10-6-9-16)14-8-5-7-12(15)11-14/h5,7-8,11,13H,3-4,6,9-10,16H2,1-2H3. The van der Waals surface area contributed by atoms with Crippen molar-refractivity contribution in [3.8, 4) is 0 Å². The molecular formula is C14H23FN2. The molecule has 0 aliphatic rings. The van der Waals surface area contributed by atoms with E-state index >= 15 is 0 Å². The first-order valence-corrected chi connectivity index (χ1v) is 6.45. The van der Waals surface area contributed by atoms with Crippen molar-refractivity contribution in [3.63, 3.8) is 0 Å². The molecule has 0 saturated carbocycles. The summed E-state index contributed by atoms with van der Waals surface area (Å²) in [6.45, 7) is 5.91. The molecule has 0 heterocycles. The number of rotatable bonds is 7. The van der Waals surface area contributed by atoms with Gasteiger partial charge in [0.1, 0.15) is 5.82 Å². The number of nitrogens with two attached hydrogens (primary N) is 1. The maximum Gasteiger partial charge on any atom is 0.125 e. The molecular weight excluding hydrogens is 215 g/mol. The van der Waals surface area contributed by atoms with Crippen LogP contribution in [-0.4, -0.2) is 19.1 Å². The Kier molecular flexibility index (Phi) is 5.98. The van der Waals surface area contributed by atoms with E-state index in [1.54, 1.807) is 12.1 Å². The molecule has 0 aliphatic carbocycles. The topological polar surface area (TPSA) is 29.3 Å². The number of anilines is 1. The van der Waals surface area contributed by atoms with Crippen LogP contribution in [0.5, 0.6) is 0 Å². The lowest BCUT2D eigenvalue weighted by Gasteiger charge is -2.32. The Morgan fingerprint density at radius 2 is 2.00 bits per heavy atom. The summed E-state index contributed by atoms with van der Waals surface area (Å²) in [5.41, 5.74) is 6.53. The highest BCUT2D eigenvalue weighted by Crippen LogP contribution is 2.21. The molecule has 0 aliphatic heterocycles. The zero-order chi connectivity index (χ0) is 12.7. The normalized spacial score (nSPS) is 10.9. The third-order valence-electron chi connectivity index (χ3n) is 3.13. The lowest BCUT2D eigenvalue weighted by molar-refractivity contribution is 0.546. The smallest absolute Gasteiger partial charge is 0.125 e. The molecule has 0 atom stereocenters. The van der Waals surface area contributed by atoms with Gasteiger partial charge in [0.15, 0.2) is 0 Å². The van der Waals surface area contributed by atoms with Crippen LogP contribution in [-0.2, 0) is 0 Å². The van der Waals surface area contributed by atoms with Crippen molar-refractivity contribution in [1.82, 2.24) is 0 Å². The molecule has 96 valence electrons. The summed E-state index contributed by atoms with van der Waals surface area (Å²) < 4.78 is 13.3. The van der Waals surface area contributed by atoms with E-state index in [2.05, 4.69) is 18.7 Å². The number of hydrogen-bond donors (Lipinski definition) is 1. The van der Waals surface area contributed by atoms with E-state index < -0.39 is 0 Å². The van der Waals surface area contributed by atoms with Crippen LogP contribution in [0, 0.1) is 5.82 Å². The molecule has 0 aromatic heterocycles. The van der Waals surface area contributed by atoms with Crippen LogP contribution in [0.2, 0.25) is 0 Å². The Hall–Kier alpha value is -1.09. The van der Waals surface area contributed by atoms with E-state index in [1.165, 1.54) is 6.07 Å². The molecule has 0 fully saturated rings. The fourth-order valence-electron chi connectivity index (χ4n) is 2.17. The molecule has 1 aromatic carbocycles. The fourth-order valence-corrected chi connectivity index (χ4v) is 2.17. The van der Waals surface area contributed by atoms with Gasteiger partial charge in [-0.25, -0.2) is 4.39 Å². The first-order chi connectivity index (χ1) is 8.22. The van der Waals surface area contributed by atoms with Gasteiger partial charge in [-0.2, -0.15) is 0 Å². The Labute approximate surface area is 104 Å². The van der Waals surface area contributed by atoms with E-state index in [1.807, 2.05) is 6.07 Å². The molecule has 0 radical (unpaired) electrons.